The first-order chi connectivity index (χ1) is 16.4. The van der Waals surface area contributed by atoms with Crippen molar-refractivity contribution in [2.45, 2.75) is 26.7 Å². The van der Waals surface area contributed by atoms with Crippen LogP contribution in [-0.2, 0) is 15.4 Å². The molecular weight excluding hydrogens is 459 g/mol. The van der Waals surface area contributed by atoms with Crippen LogP contribution >= 0.6 is 0 Å². The topological polar surface area (TPSA) is 84.3 Å². The summed E-state index contributed by atoms with van der Waals surface area (Å²) in [7, 11) is 2.77. The highest BCUT2D eigenvalue weighted by molar-refractivity contribution is 6.04. The number of nitrogens with one attached hydrogen (secondary N) is 2. The van der Waals surface area contributed by atoms with Crippen LogP contribution in [0.3, 0.4) is 0 Å². The molecule has 1 heterocycles. The lowest BCUT2D eigenvalue weighted by Crippen LogP contribution is -2.32. The van der Waals surface area contributed by atoms with Gasteiger partial charge in [-0.3, -0.25) is 19.6 Å². The maximum absolute atomic E-state index is 14.0. The molecule has 0 bridgehead atoms. The zero-order chi connectivity index (χ0) is 26.4. The number of halogens is 3. The van der Waals surface area contributed by atoms with Gasteiger partial charge in [-0.2, -0.15) is 8.78 Å². The number of anilines is 1. The highest BCUT2D eigenvalue weighted by Gasteiger charge is 2.33. The number of rotatable bonds is 10. The summed E-state index contributed by atoms with van der Waals surface area (Å²) in [5, 5.41) is 10.9. The van der Waals surface area contributed by atoms with E-state index in [9.17, 15) is 18.0 Å². The molecule has 0 saturated heterocycles. The maximum atomic E-state index is 14.0. The van der Waals surface area contributed by atoms with Gasteiger partial charge in [0, 0.05) is 42.5 Å². The molecule has 188 valence electrons. The molecule has 0 aliphatic carbocycles. The second-order valence-electron chi connectivity index (χ2n) is 8.55. The summed E-state index contributed by atoms with van der Waals surface area (Å²) in [5.41, 5.74) is 0.984. The van der Waals surface area contributed by atoms with Crippen molar-refractivity contribution in [2.75, 3.05) is 32.8 Å². The van der Waals surface area contributed by atoms with Gasteiger partial charge in [-0.25, -0.2) is 0 Å². The largest absolute Gasteiger partial charge is 0.481 e. The molecule has 2 N–H and O–H groups in total. The van der Waals surface area contributed by atoms with Gasteiger partial charge < -0.3 is 14.8 Å². The van der Waals surface area contributed by atoms with E-state index in [4.69, 9.17) is 14.9 Å². The van der Waals surface area contributed by atoms with Gasteiger partial charge >= 0.3 is 0 Å². The second-order valence-corrected chi connectivity index (χ2v) is 8.55. The van der Waals surface area contributed by atoms with E-state index in [0.29, 0.717) is 23.7 Å². The number of allylic oxidation sites excluding steroid dienone is 2. The Morgan fingerprint density at radius 3 is 2.49 bits per heavy atom. The number of alkyl halides is 3. The van der Waals surface area contributed by atoms with Crippen LogP contribution in [0.25, 0.3) is 5.57 Å². The van der Waals surface area contributed by atoms with Crippen molar-refractivity contribution in [1.29, 1.82) is 5.41 Å². The Kier molecular flexibility index (Phi) is 8.98. The quantitative estimate of drug-likeness (QED) is 0.246. The number of amides is 1. The normalized spacial score (nSPS) is 13.7. The third-order valence-electron chi connectivity index (χ3n) is 5.49. The van der Waals surface area contributed by atoms with E-state index in [0.717, 1.165) is 17.8 Å². The third-order valence-corrected chi connectivity index (χ3v) is 5.49. The molecule has 0 radical (unpaired) electrons. The molecule has 1 amide bonds. The van der Waals surface area contributed by atoms with Gasteiger partial charge in [0.2, 0.25) is 5.90 Å². The summed E-state index contributed by atoms with van der Waals surface area (Å²) >= 11 is 0. The molecule has 1 aromatic carbocycles. The number of carbonyl (C=O) groups is 1. The average Bonchev–Trinajstić information content (AvgIpc) is 2.82. The minimum Gasteiger partial charge on any atom is -0.481 e. The highest BCUT2D eigenvalue weighted by Crippen LogP contribution is 2.33. The van der Waals surface area contributed by atoms with Crippen LogP contribution in [0.1, 0.15) is 41.0 Å². The molecule has 0 spiro atoms. The van der Waals surface area contributed by atoms with Gasteiger partial charge in [-0.1, -0.05) is 19.6 Å². The van der Waals surface area contributed by atoms with Crippen LogP contribution in [0.2, 0.25) is 0 Å². The number of benzene rings is 1. The van der Waals surface area contributed by atoms with Crippen LogP contribution in [0, 0.1) is 17.7 Å². The number of hydrogen-bond donors (Lipinski definition) is 2. The molecule has 1 unspecified atom stereocenters. The van der Waals surface area contributed by atoms with E-state index in [1.807, 2.05) is 6.92 Å². The molecule has 0 saturated carbocycles. The lowest BCUT2D eigenvalue weighted by atomic mass is 9.82. The van der Waals surface area contributed by atoms with Crippen LogP contribution in [0.4, 0.5) is 18.9 Å². The number of hydrogen-bond acceptors (Lipinski definition) is 5. The molecule has 2 aromatic rings. The second kappa shape index (κ2) is 11.3. The van der Waals surface area contributed by atoms with E-state index in [2.05, 4.69) is 16.9 Å². The lowest BCUT2D eigenvalue weighted by molar-refractivity contribution is 0.0127. The van der Waals surface area contributed by atoms with Gasteiger partial charge in [0.05, 0.1) is 13.7 Å². The van der Waals surface area contributed by atoms with Crippen LogP contribution < -0.4 is 5.32 Å². The smallest absolute Gasteiger partial charge is 0.286 e. The predicted octanol–water partition coefficient (Wildman–Crippen LogP) is 5.94. The Hall–Kier alpha value is -3.46. The van der Waals surface area contributed by atoms with Crippen molar-refractivity contribution in [3.05, 3.63) is 77.1 Å². The van der Waals surface area contributed by atoms with E-state index in [-0.39, 0.29) is 23.6 Å². The zero-order valence-corrected chi connectivity index (χ0v) is 20.5. The van der Waals surface area contributed by atoms with Crippen molar-refractivity contribution < 1.29 is 27.4 Å². The van der Waals surface area contributed by atoms with Crippen molar-refractivity contribution in [3.8, 4) is 0 Å². The van der Waals surface area contributed by atoms with Gasteiger partial charge in [0.1, 0.15) is 12.4 Å². The molecule has 1 aromatic heterocycles. The van der Waals surface area contributed by atoms with Gasteiger partial charge in [0.25, 0.3) is 11.8 Å². The Balaban J connectivity index is 2.40. The highest BCUT2D eigenvalue weighted by atomic mass is 19.3. The zero-order valence-electron chi connectivity index (χ0n) is 20.5. The van der Waals surface area contributed by atoms with Crippen LogP contribution in [0.15, 0.2) is 54.8 Å². The fourth-order valence-electron chi connectivity index (χ4n) is 3.44. The van der Waals surface area contributed by atoms with Gasteiger partial charge in [0.15, 0.2) is 0 Å². The number of aromatic nitrogens is 1. The van der Waals surface area contributed by atoms with E-state index in [1.54, 1.807) is 31.2 Å². The average molecular weight is 490 g/mol. The molecule has 2 rings (SSSR count). The fourth-order valence-corrected chi connectivity index (χ4v) is 3.44. The summed E-state index contributed by atoms with van der Waals surface area (Å²) < 4.78 is 51.4. The molecule has 0 aliphatic rings. The number of carbonyl (C=O) groups excluding carboxylic acids is 1. The summed E-state index contributed by atoms with van der Waals surface area (Å²) in [6.45, 7) is 7.47. The van der Waals surface area contributed by atoms with Gasteiger partial charge in [-0.05, 0) is 54.0 Å². The van der Waals surface area contributed by atoms with E-state index < -0.39 is 29.6 Å². The van der Waals surface area contributed by atoms with Crippen LogP contribution in [0.5, 0.6) is 0 Å². The van der Waals surface area contributed by atoms with E-state index >= 15 is 0 Å². The number of pyridine rings is 1. The molecule has 6 nitrogen and oxygen atoms in total. The Morgan fingerprint density at radius 1 is 1.23 bits per heavy atom. The Bertz CT molecular complexity index is 1140. The predicted molar refractivity (Wildman–Crippen MR) is 131 cm³/mol. The minimum absolute atomic E-state index is 0.0220. The third kappa shape index (κ3) is 6.79. The molecule has 35 heavy (non-hydrogen) atoms. The standard InChI is InChI=1S/C26H30F3N3O3/c1-16-7-8-19(32-24(33)18-9-10-31-22(12-18)26(4,28)29)13-20(16)17(2)11-21(23(30)35-6)25(3,14-27)15-34-5/h7-13,30H,2,14-15H2,1,3-6H3,(H,32,33)/b21-11+,30-23?. The first-order valence-electron chi connectivity index (χ1n) is 10.7. The van der Waals surface area contributed by atoms with Crippen molar-refractivity contribution in [2.24, 2.45) is 5.41 Å². The summed E-state index contributed by atoms with van der Waals surface area (Å²) in [4.78, 5) is 16.3. The first kappa shape index (κ1) is 27.8. The summed E-state index contributed by atoms with van der Waals surface area (Å²) in [6, 6.07) is 7.48. The van der Waals surface area contributed by atoms with E-state index in [1.165, 1.54) is 20.3 Å². The lowest BCUT2D eigenvalue weighted by Gasteiger charge is -2.28. The number of methoxy groups -OCH3 is 2. The molecule has 0 aliphatic heterocycles. The maximum Gasteiger partial charge on any atom is 0.286 e. The summed E-state index contributed by atoms with van der Waals surface area (Å²) in [5.74, 6) is -3.98. The van der Waals surface area contributed by atoms with Crippen molar-refractivity contribution >= 4 is 23.1 Å². The Labute approximate surface area is 203 Å². The number of aryl methyl sites for hydroxylation is 1. The first-order valence-corrected chi connectivity index (χ1v) is 10.7. The van der Waals surface area contributed by atoms with Crippen LogP contribution in [-0.4, -0.2) is 44.3 Å². The summed E-state index contributed by atoms with van der Waals surface area (Å²) in [6.07, 6.45) is 2.72. The SMILES string of the molecule is C=C(/C=C(\C(=N)OC)C(C)(CF)COC)c1cc(NC(=O)c2ccnc(C(C)(F)F)c2)ccc1C. The van der Waals surface area contributed by atoms with Gasteiger partial charge in [-0.15, -0.1) is 0 Å². The van der Waals surface area contributed by atoms with Crippen molar-refractivity contribution in [1.82, 2.24) is 4.98 Å². The fraction of sp³-hybridized carbons (Fsp3) is 0.346. The molecular formula is C26H30F3N3O3. The minimum atomic E-state index is -3.18. The monoisotopic (exact) mass is 489 g/mol. The molecule has 1 atom stereocenters. The molecule has 0 fully saturated rings. The molecule has 9 heteroatoms. The Morgan fingerprint density at radius 2 is 1.91 bits per heavy atom. The number of nitrogens with zero attached hydrogens (tertiary/aromatic N) is 1. The number of ether oxygens (including phenoxy) is 2. The van der Waals surface area contributed by atoms with Crippen molar-refractivity contribution in [3.63, 3.8) is 0 Å².